The van der Waals surface area contributed by atoms with Gasteiger partial charge in [0.05, 0.1) is 26.5 Å². The fourth-order valence-corrected chi connectivity index (χ4v) is 11.7. The quantitative estimate of drug-likeness (QED) is 0.0653. The third kappa shape index (κ3) is 9.57. The number of carbonyl (C=O) groups excluding carboxylic acids is 1. The van der Waals surface area contributed by atoms with Gasteiger partial charge < -0.3 is 19.5 Å². The minimum atomic E-state index is -5.61. The van der Waals surface area contributed by atoms with Gasteiger partial charge in [-0.3, -0.25) is 9.35 Å². The Morgan fingerprint density at radius 1 is 0.852 bits per heavy atom. The summed E-state index contributed by atoms with van der Waals surface area (Å²) in [5.74, 6) is -4.33. The van der Waals surface area contributed by atoms with E-state index in [1.165, 1.54) is 24.3 Å². The molecule has 4 unspecified atom stereocenters. The zero-order valence-electron chi connectivity index (χ0n) is 28.8. The molecule has 16 nitrogen and oxygen atoms in total. The average molecular weight is 868 g/mol. The minimum absolute atomic E-state index is 0. The van der Waals surface area contributed by atoms with Crippen molar-refractivity contribution in [3.05, 3.63) is 54.6 Å². The number of rotatable bonds is 10. The van der Waals surface area contributed by atoms with E-state index >= 15 is 0 Å². The summed E-state index contributed by atoms with van der Waals surface area (Å²) < 4.78 is 134. The zero-order chi connectivity index (χ0) is 37.3. The van der Waals surface area contributed by atoms with Crippen LogP contribution in [0.4, 0.5) is 17.1 Å². The zero-order valence-corrected chi connectivity index (χ0v) is 38.8. The molecule has 6 rings (SSSR count). The Bertz CT molecular complexity index is 2630. The largest absolute Gasteiger partial charge is 1.00 e. The molecule has 0 spiro atoms. The van der Waals surface area contributed by atoms with E-state index in [0.29, 0.717) is 36.4 Å². The molecule has 272 valence electrons. The number of halogens is 1. The van der Waals surface area contributed by atoms with Gasteiger partial charge in [0.15, 0.2) is 9.84 Å². The predicted octanol–water partition coefficient (Wildman–Crippen LogP) is -5.44. The molecule has 24 heteroatoms. The first-order chi connectivity index (χ1) is 23.7. The first-order valence-corrected chi connectivity index (χ1v) is 21.4. The second-order valence-electron chi connectivity index (χ2n) is 12.3. The number of carbonyl (C=O) groups is 1. The van der Waals surface area contributed by atoms with Crippen LogP contribution >= 0.6 is 11.6 Å². The van der Waals surface area contributed by atoms with Crippen LogP contribution in [-0.4, -0.2) is 70.1 Å². The van der Waals surface area contributed by atoms with Crippen LogP contribution in [0.2, 0.25) is 0 Å². The number of hydrogen-bond donors (Lipinski definition) is 2. The Morgan fingerprint density at radius 3 is 2.11 bits per heavy atom. The van der Waals surface area contributed by atoms with Crippen molar-refractivity contribution in [2.45, 2.75) is 39.2 Å². The van der Waals surface area contributed by atoms with E-state index < -0.39 is 111 Å². The number of azo groups is 1. The molecule has 4 aromatic carbocycles. The third-order valence-electron chi connectivity index (χ3n) is 9.21. The molecule has 0 saturated heterocycles. The molecule has 0 heterocycles. The number of anilines is 1. The van der Waals surface area contributed by atoms with Gasteiger partial charge in [-0.25, -0.2) is 25.3 Å². The molecule has 1 amide bonds. The van der Waals surface area contributed by atoms with Crippen molar-refractivity contribution in [2.75, 3.05) is 16.9 Å². The Labute approximate surface area is 381 Å². The van der Waals surface area contributed by atoms with Crippen LogP contribution in [0.25, 0.3) is 21.5 Å². The van der Waals surface area contributed by atoms with Crippen LogP contribution in [0.1, 0.15) is 19.3 Å². The Hall–Kier alpha value is -0.760. The normalized spacial score (nSPS) is 20.0. The summed E-state index contributed by atoms with van der Waals surface area (Å²) in [6, 6.07) is 10.2. The molecule has 4 aromatic rings. The van der Waals surface area contributed by atoms with Crippen molar-refractivity contribution < 1.29 is 146 Å². The summed E-state index contributed by atoms with van der Waals surface area (Å²) in [7, 11) is -19.6. The second-order valence-corrected chi connectivity index (χ2v) is 19.1. The number of fused-ring (bicyclic) bond motifs is 4. The summed E-state index contributed by atoms with van der Waals surface area (Å²) in [4.78, 5) is 10.6. The van der Waals surface area contributed by atoms with Crippen molar-refractivity contribution in [3.8, 4) is 5.75 Å². The smallest absolute Gasteiger partial charge is 0.870 e. The van der Waals surface area contributed by atoms with E-state index in [2.05, 4.69) is 15.5 Å². The third-order valence-corrected chi connectivity index (χ3v) is 14.5. The van der Waals surface area contributed by atoms with Gasteiger partial charge in [0.1, 0.15) is 30.8 Å². The fourth-order valence-electron chi connectivity index (χ4n) is 7.14. The van der Waals surface area contributed by atoms with Crippen molar-refractivity contribution in [1.29, 1.82) is 0 Å². The average Bonchev–Trinajstić information content (AvgIpc) is 3.65. The van der Waals surface area contributed by atoms with Crippen LogP contribution in [0.5, 0.6) is 5.75 Å². The van der Waals surface area contributed by atoms with Gasteiger partial charge in [0.25, 0.3) is 10.1 Å². The standard InChI is InChI=1S/C30H28ClN3O13S4.3Na/c31-7-8-48(37,38)24-11-15-9-20(24)21(10-15)30(36)32-23-14-18(49(39,40)41)12-17-13-25(50(42,43)44)27(28(35)26(17)23)34-33-22-6-5-16-3-1-2-4-19(16)29(22)51(45,46)47;;;/h1-6,12-15,20-21,24,35H,7-11H2,(H,32,36)(H,39,40,41)(H,42,43,44)(H,45,46,47);;;/q;3*+1/p-3. The van der Waals surface area contributed by atoms with E-state index in [4.69, 9.17) is 11.6 Å². The van der Waals surface area contributed by atoms with Crippen molar-refractivity contribution in [2.24, 2.45) is 28.0 Å². The number of nitrogens with one attached hydrogen (secondary N) is 1. The molecular formula is C30H25ClN3Na3O13S4. The maximum Gasteiger partial charge on any atom is 1.00 e. The van der Waals surface area contributed by atoms with E-state index in [-0.39, 0.29) is 118 Å². The molecule has 54 heavy (non-hydrogen) atoms. The van der Waals surface area contributed by atoms with Crippen LogP contribution in [0, 0.1) is 17.8 Å². The maximum absolute atomic E-state index is 14.0. The predicted molar refractivity (Wildman–Crippen MR) is 179 cm³/mol. The molecule has 0 aliphatic heterocycles. The van der Waals surface area contributed by atoms with E-state index in [9.17, 15) is 57.2 Å². The second kappa shape index (κ2) is 17.6. The van der Waals surface area contributed by atoms with Gasteiger partial charge in [0.2, 0.25) is 5.91 Å². The van der Waals surface area contributed by atoms with E-state index in [1.807, 2.05) is 0 Å². The molecule has 2 aliphatic carbocycles. The molecule has 4 atom stereocenters. The minimum Gasteiger partial charge on any atom is -0.870 e. The number of hydrogen-bond acceptors (Lipinski definition) is 14. The molecule has 2 saturated carbocycles. The van der Waals surface area contributed by atoms with Crippen LogP contribution in [-0.2, 0) is 45.0 Å². The Kier molecular flexibility index (Phi) is 15.5. The van der Waals surface area contributed by atoms with Crippen LogP contribution in [0.15, 0.2) is 79.5 Å². The summed E-state index contributed by atoms with van der Waals surface area (Å²) in [5, 5.41) is 22.0. The molecule has 0 radical (unpaired) electrons. The van der Waals surface area contributed by atoms with Gasteiger partial charge in [0, 0.05) is 22.9 Å². The number of sulfone groups is 1. The van der Waals surface area contributed by atoms with Crippen molar-refractivity contribution >= 4 is 96.3 Å². The van der Waals surface area contributed by atoms with Gasteiger partial charge in [-0.15, -0.1) is 21.8 Å². The summed E-state index contributed by atoms with van der Waals surface area (Å²) in [6.07, 6.45) is 0.996. The van der Waals surface area contributed by atoms with Crippen molar-refractivity contribution in [1.82, 2.24) is 0 Å². The van der Waals surface area contributed by atoms with Gasteiger partial charge in [-0.05, 0) is 71.5 Å². The van der Waals surface area contributed by atoms with Gasteiger partial charge >= 0.3 is 88.7 Å². The summed E-state index contributed by atoms with van der Waals surface area (Å²) >= 11 is 5.68. The van der Waals surface area contributed by atoms with Gasteiger partial charge in [-0.2, -0.15) is 8.42 Å². The van der Waals surface area contributed by atoms with Crippen LogP contribution in [0.3, 0.4) is 0 Å². The molecular weight excluding hydrogens is 843 g/mol. The fraction of sp³-hybridized carbons (Fsp3) is 0.300. The van der Waals surface area contributed by atoms with Gasteiger partial charge in [-0.1, -0.05) is 36.1 Å². The van der Waals surface area contributed by atoms with Crippen LogP contribution < -0.4 is 99.1 Å². The number of amides is 1. The first kappa shape index (κ1) is 47.6. The number of nitrogens with zero attached hydrogens (tertiary/aromatic N) is 2. The summed E-state index contributed by atoms with van der Waals surface area (Å²) in [5.41, 5.74) is -2.30. The molecule has 2 aliphatic rings. The first-order valence-electron chi connectivity index (χ1n) is 14.9. The van der Waals surface area contributed by atoms with Crippen molar-refractivity contribution in [3.63, 3.8) is 0 Å². The number of benzene rings is 4. The SMILES string of the molecule is O=C(Nc1cc(S(=O)(=O)[O-])cc2cc(S(=O)(=O)[O-])c(N=Nc3ccc4ccccc4c3S(=O)(=O)O)c([O-])c12)C1CC2CC1C(S(=O)(=O)CCCl)C2.[Na+].[Na+].[Na+]. The maximum atomic E-state index is 14.0. The Balaban J connectivity index is 0.00000261. The molecule has 2 bridgehead atoms. The van der Waals surface area contributed by atoms with E-state index in [1.54, 1.807) is 6.07 Å². The molecule has 0 aromatic heterocycles. The topological polar surface area (TPSA) is 280 Å². The Morgan fingerprint density at radius 2 is 1.52 bits per heavy atom. The molecule has 2 fully saturated rings. The molecule has 2 N–H and O–H groups in total. The monoisotopic (exact) mass is 867 g/mol. The summed E-state index contributed by atoms with van der Waals surface area (Å²) in [6.45, 7) is 0. The number of alkyl halides is 1. The van der Waals surface area contributed by atoms with E-state index in [0.717, 1.165) is 6.07 Å².